The summed E-state index contributed by atoms with van der Waals surface area (Å²) in [7, 11) is 0. The van der Waals surface area contributed by atoms with Crippen molar-refractivity contribution in [1.29, 1.82) is 0 Å². The van der Waals surface area contributed by atoms with Crippen LogP contribution in [0.15, 0.2) is 54.1 Å². The maximum Gasteiger partial charge on any atom is 0.199 e. The Bertz CT molecular complexity index is 1190. The Morgan fingerprint density at radius 2 is 1.75 bits per heavy atom. The van der Waals surface area contributed by atoms with Crippen molar-refractivity contribution < 1.29 is 23.1 Å². The van der Waals surface area contributed by atoms with Gasteiger partial charge in [-0.2, -0.15) is 0 Å². The fraction of sp³-hybridized carbons (Fsp3) is 0.400. The van der Waals surface area contributed by atoms with Gasteiger partial charge in [-0.25, -0.2) is 8.78 Å². The first kappa shape index (κ1) is 24.7. The van der Waals surface area contributed by atoms with Crippen LogP contribution in [-0.4, -0.2) is 49.3 Å². The number of Topliss-reactive ketones (excluding diaryl/α,β-unsaturated/α-hetero) is 2. The number of benzene rings is 2. The van der Waals surface area contributed by atoms with E-state index in [4.69, 9.17) is 4.74 Å². The molecule has 0 aromatic heterocycles. The molecule has 0 spiro atoms. The van der Waals surface area contributed by atoms with Crippen LogP contribution in [0.25, 0.3) is 6.08 Å². The summed E-state index contributed by atoms with van der Waals surface area (Å²) in [6.07, 6.45) is 9.55. The molecule has 5 rings (SSSR count). The fourth-order valence-corrected chi connectivity index (χ4v) is 5.01. The first-order valence-electron chi connectivity index (χ1n) is 12.8. The molecule has 2 aromatic carbocycles. The van der Waals surface area contributed by atoms with Gasteiger partial charge in [0.1, 0.15) is 11.6 Å². The Morgan fingerprint density at radius 1 is 1.03 bits per heavy atom. The monoisotopic (exact) mass is 491 g/mol. The molecule has 0 N–H and O–H groups in total. The number of allylic oxidation sites excluding steroid dienone is 3. The molecule has 0 amide bonds. The van der Waals surface area contributed by atoms with Gasteiger partial charge in [0.15, 0.2) is 11.6 Å². The van der Waals surface area contributed by atoms with Gasteiger partial charge >= 0.3 is 0 Å². The van der Waals surface area contributed by atoms with E-state index in [2.05, 4.69) is 17.1 Å². The largest absolute Gasteiger partial charge is 0.379 e. The SMILES string of the molecule is O=C(CCCN1CCOCC1)C1=CC(Cc2ccc(/C=C/C3CC3)cc2)c2c(F)ccc(F)c2C1=O. The van der Waals surface area contributed by atoms with Crippen molar-refractivity contribution in [3.8, 4) is 0 Å². The first-order valence-corrected chi connectivity index (χ1v) is 12.8. The minimum Gasteiger partial charge on any atom is -0.379 e. The molecule has 0 bridgehead atoms. The zero-order valence-electron chi connectivity index (χ0n) is 20.3. The molecule has 36 heavy (non-hydrogen) atoms. The molecule has 1 saturated heterocycles. The van der Waals surface area contributed by atoms with Crippen molar-refractivity contribution >= 4 is 17.6 Å². The summed E-state index contributed by atoms with van der Waals surface area (Å²) in [6.45, 7) is 3.74. The van der Waals surface area contributed by atoms with Crippen LogP contribution in [0.5, 0.6) is 0 Å². The normalized spacial score (nSPS) is 20.4. The van der Waals surface area contributed by atoms with Crippen LogP contribution in [0.2, 0.25) is 0 Å². The maximum atomic E-state index is 14.9. The summed E-state index contributed by atoms with van der Waals surface area (Å²) in [4.78, 5) is 28.4. The number of fused-ring (bicyclic) bond motifs is 1. The van der Waals surface area contributed by atoms with Crippen molar-refractivity contribution in [2.24, 2.45) is 5.92 Å². The smallest absolute Gasteiger partial charge is 0.199 e. The second-order valence-corrected chi connectivity index (χ2v) is 9.96. The van der Waals surface area contributed by atoms with E-state index in [1.165, 1.54) is 12.8 Å². The van der Waals surface area contributed by atoms with E-state index in [0.717, 1.165) is 42.9 Å². The van der Waals surface area contributed by atoms with Crippen LogP contribution in [-0.2, 0) is 16.0 Å². The molecule has 6 heteroatoms. The lowest BCUT2D eigenvalue weighted by Crippen LogP contribution is -2.37. The van der Waals surface area contributed by atoms with Gasteiger partial charge in [0, 0.05) is 31.0 Å². The minimum absolute atomic E-state index is 0.0250. The number of hydrogen-bond acceptors (Lipinski definition) is 4. The Kier molecular flexibility index (Phi) is 7.54. The van der Waals surface area contributed by atoms with Crippen LogP contribution >= 0.6 is 0 Å². The van der Waals surface area contributed by atoms with E-state index in [1.54, 1.807) is 6.08 Å². The number of nitrogens with zero attached hydrogens (tertiary/aromatic N) is 1. The predicted molar refractivity (Wildman–Crippen MR) is 135 cm³/mol. The number of carbonyl (C=O) groups is 2. The number of rotatable bonds is 9. The molecule has 4 nitrogen and oxygen atoms in total. The summed E-state index contributed by atoms with van der Waals surface area (Å²) in [6, 6.07) is 9.98. The molecule has 2 aromatic rings. The molecule has 2 aliphatic carbocycles. The van der Waals surface area contributed by atoms with E-state index in [9.17, 15) is 18.4 Å². The van der Waals surface area contributed by atoms with Gasteiger partial charge in [-0.1, -0.05) is 42.5 Å². The van der Waals surface area contributed by atoms with Crippen LogP contribution in [0.1, 0.15) is 58.6 Å². The van der Waals surface area contributed by atoms with Gasteiger partial charge in [0.25, 0.3) is 0 Å². The highest BCUT2D eigenvalue weighted by molar-refractivity contribution is 6.27. The van der Waals surface area contributed by atoms with Crippen LogP contribution < -0.4 is 0 Å². The van der Waals surface area contributed by atoms with Gasteiger partial charge in [0.05, 0.1) is 24.4 Å². The Balaban J connectivity index is 1.35. The van der Waals surface area contributed by atoms with Crippen LogP contribution in [0.4, 0.5) is 8.78 Å². The van der Waals surface area contributed by atoms with Crippen molar-refractivity contribution in [2.45, 2.75) is 38.0 Å². The molecule has 3 aliphatic rings. The summed E-state index contributed by atoms with van der Waals surface area (Å²) >= 11 is 0. The standard InChI is InChI=1S/C30H31F2NO3/c31-25-11-12-26(32)29-28(25)23(18-22-9-7-21(8-10-22)6-5-20-3-4-20)19-24(30(29)35)27(34)2-1-13-33-14-16-36-17-15-33/h5-12,19-20,23H,1-4,13-18H2/b6-5+. The summed E-state index contributed by atoms with van der Waals surface area (Å²) < 4.78 is 35.1. The first-order chi connectivity index (χ1) is 17.5. The summed E-state index contributed by atoms with van der Waals surface area (Å²) in [5, 5.41) is 0. The number of halogens is 2. The molecule has 2 fully saturated rings. The van der Waals surface area contributed by atoms with Gasteiger partial charge in [-0.05, 0) is 61.4 Å². The molecule has 1 atom stereocenters. The molecular formula is C30H31F2NO3. The van der Waals surface area contributed by atoms with Crippen molar-refractivity contribution in [1.82, 2.24) is 4.90 Å². The highest BCUT2D eigenvalue weighted by Gasteiger charge is 2.34. The lowest BCUT2D eigenvalue weighted by atomic mass is 9.78. The van der Waals surface area contributed by atoms with E-state index < -0.39 is 23.3 Å². The van der Waals surface area contributed by atoms with Gasteiger partial charge in [0.2, 0.25) is 0 Å². The van der Waals surface area contributed by atoms with Crippen LogP contribution in [0.3, 0.4) is 0 Å². The Hall–Kier alpha value is -2.96. The molecule has 0 radical (unpaired) electrons. The topological polar surface area (TPSA) is 46.6 Å². The average molecular weight is 492 g/mol. The lowest BCUT2D eigenvalue weighted by Gasteiger charge is -2.27. The molecule has 1 unspecified atom stereocenters. The Labute approximate surface area is 210 Å². The lowest BCUT2D eigenvalue weighted by molar-refractivity contribution is -0.115. The molecule has 1 saturated carbocycles. The maximum absolute atomic E-state index is 14.9. The molecule has 1 heterocycles. The fourth-order valence-electron chi connectivity index (χ4n) is 5.01. The predicted octanol–water partition coefficient (Wildman–Crippen LogP) is 5.52. The van der Waals surface area contributed by atoms with E-state index >= 15 is 0 Å². The zero-order chi connectivity index (χ0) is 25.1. The highest BCUT2D eigenvalue weighted by atomic mass is 19.1. The molecular weight excluding hydrogens is 460 g/mol. The van der Waals surface area contributed by atoms with Gasteiger partial charge < -0.3 is 4.74 Å². The third-order valence-electron chi connectivity index (χ3n) is 7.25. The van der Waals surface area contributed by atoms with E-state index in [-0.39, 0.29) is 28.9 Å². The second kappa shape index (κ2) is 11.0. The number of carbonyl (C=O) groups excluding carboxylic acids is 2. The summed E-state index contributed by atoms with van der Waals surface area (Å²) in [5.74, 6) is -2.34. The number of ketones is 2. The van der Waals surface area contributed by atoms with E-state index in [1.807, 2.05) is 24.3 Å². The quantitative estimate of drug-likeness (QED) is 0.434. The average Bonchev–Trinajstić information content (AvgIpc) is 3.72. The number of ether oxygens (including phenoxy) is 1. The Morgan fingerprint density at radius 3 is 2.47 bits per heavy atom. The van der Waals surface area contributed by atoms with Gasteiger partial charge in [-0.3, -0.25) is 14.5 Å². The highest BCUT2D eigenvalue weighted by Crippen LogP contribution is 2.37. The molecule has 188 valence electrons. The third kappa shape index (κ3) is 5.71. The zero-order valence-corrected chi connectivity index (χ0v) is 20.3. The van der Waals surface area contributed by atoms with Crippen molar-refractivity contribution in [3.63, 3.8) is 0 Å². The number of hydrogen-bond donors (Lipinski definition) is 0. The van der Waals surface area contributed by atoms with Crippen molar-refractivity contribution in [2.75, 3.05) is 32.8 Å². The van der Waals surface area contributed by atoms with Crippen LogP contribution in [0, 0.1) is 17.6 Å². The second-order valence-electron chi connectivity index (χ2n) is 9.96. The number of morpholine rings is 1. The summed E-state index contributed by atoms with van der Waals surface area (Å²) in [5.41, 5.74) is 1.74. The van der Waals surface area contributed by atoms with Crippen molar-refractivity contribution in [3.05, 3.63) is 88.0 Å². The molecule has 1 aliphatic heterocycles. The van der Waals surface area contributed by atoms with Gasteiger partial charge in [-0.15, -0.1) is 0 Å². The minimum atomic E-state index is -0.784. The van der Waals surface area contributed by atoms with E-state index in [0.29, 0.717) is 32.0 Å². The third-order valence-corrected chi connectivity index (χ3v) is 7.25.